The molecule has 5 nitrogen and oxygen atoms in total. The Hall–Kier alpha value is -0.860. The molecule has 1 atom stereocenters. The van der Waals surface area contributed by atoms with Crippen LogP contribution in [-0.4, -0.2) is 67.6 Å². The molecule has 164 valence electrons. The lowest BCUT2D eigenvalue weighted by Crippen LogP contribution is -2.39. The van der Waals surface area contributed by atoms with Crippen LogP contribution in [0.4, 0.5) is 0 Å². The average molecular weight is 514 g/mol. The van der Waals surface area contributed by atoms with Gasteiger partial charge < -0.3 is 15.5 Å². The van der Waals surface area contributed by atoms with Crippen LogP contribution in [0.15, 0.2) is 35.3 Å². The van der Waals surface area contributed by atoms with Gasteiger partial charge in [-0.15, -0.1) is 24.0 Å². The Labute approximate surface area is 194 Å². The van der Waals surface area contributed by atoms with Crippen LogP contribution < -0.4 is 10.6 Å². The molecule has 0 aromatic heterocycles. The smallest absolute Gasteiger partial charge is 0.191 e. The molecule has 6 heteroatoms. The van der Waals surface area contributed by atoms with Crippen LogP contribution in [0, 0.1) is 0 Å². The number of guanidine groups is 1. The summed E-state index contributed by atoms with van der Waals surface area (Å²) in [6, 6.07) is 11.4. The molecule has 2 saturated heterocycles. The predicted molar refractivity (Wildman–Crippen MR) is 134 cm³/mol. The van der Waals surface area contributed by atoms with E-state index in [-0.39, 0.29) is 24.0 Å². The third-order valence-corrected chi connectivity index (χ3v) is 5.92. The Kier molecular flexibility index (Phi) is 12.0. The van der Waals surface area contributed by atoms with Gasteiger partial charge in [0.15, 0.2) is 5.96 Å². The second-order valence-corrected chi connectivity index (χ2v) is 8.15. The summed E-state index contributed by atoms with van der Waals surface area (Å²) >= 11 is 0. The van der Waals surface area contributed by atoms with Crippen LogP contribution in [0.25, 0.3) is 0 Å². The van der Waals surface area contributed by atoms with Gasteiger partial charge in [0.1, 0.15) is 0 Å². The molecule has 3 rings (SSSR count). The molecule has 2 heterocycles. The summed E-state index contributed by atoms with van der Waals surface area (Å²) in [6.07, 6.45) is 7.80. The van der Waals surface area contributed by atoms with Crippen LogP contribution in [0.2, 0.25) is 0 Å². The lowest BCUT2D eigenvalue weighted by atomic mass is 10.2. The minimum atomic E-state index is 0. The molecule has 2 fully saturated rings. The highest BCUT2D eigenvalue weighted by molar-refractivity contribution is 14.0. The number of unbranched alkanes of at least 4 members (excludes halogenated alkanes) is 1. The summed E-state index contributed by atoms with van der Waals surface area (Å²) in [7, 11) is 0. The number of hydrogen-bond acceptors (Lipinski definition) is 3. The molecule has 1 unspecified atom stereocenters. The molecule has 1 aromatic carbocycles. The third kappa shape index (κ3) is 8.80. The summed E-state index contributed by atoms with van der Waals surface area (Å²) < 4.78 is 0. The van der Waals surface area contributed by atoms with Crippen LogP contribution >= 0.6 is 24.0 Å². The molecular formula is C23H40IN5. The number of aliphatic imine (C=N–C) groups is 1. The quantitative estimate of drug-likeness (QED) is 0.217. The van der Waals surface area contributed by atoms with Gasteiger partial charge in [-0.3, -0.25) is 9.89 Å². The minimum Gasteiger partial charge on any atom is -0.357 e. The molecular weight excluding hydrogens is 473 g/mol. The van der Waals surface area contributed by atoms with E-state index in [4.69, 9.17) is 4.99 Å². The topological polar surface area (TPSA) is 42.9 Å². The SMILES string of the molecule is CCNC(=NCC1CCCN1Cc1ccccc1)NCCCCN1CCCC1.I. The lowest BCUT2D eigenvalue weighted by Gasteiger charge is -2.23. The number of nitrogens with zero attached hydrogens (tertiary/aromatic N) is 3. The van der Waals surface area contributed by atoms with Crippen molar-refractivity contribution in [1.29, 1.82) is 0 Å². The number of nitrogens with one attached hydrogen (secondary N) is 2. The van der Waals surface area contributed by atoms with Crippen LogP contribution in [-0.2, 0) is 6.54 Å². The van der Waals surface area contributed by atoms with Gasteiger partial charge in [0, 0.05) is 25.7 Å². The highest BCUT2D eigenvalue weighted by Gasteiger charge is 2.24. The predicted octanol–water partition coefficient (Wildman–Crippen LogP) is 3.70. The van der Waals surface area contributed by atoms with Crippen molar-refractivity contribution in [3.63, 3.8) is 0 Å². The molecule has 0 saturated carbocycles. The third-order valence-electron chi connectivity index (χ3n) is 5.92. The second kappa shape index (κ2) is 14.2. The van der Waals surface area contributed by atoms with E-state index in [1.54, 1.807) is 0 Å². The summed E-state index contributed by atoms with van der Waals surface area (Å²) in [6.45, 7) is 11.0. The van der Waals surface area contributed by atoms with Crippen molar-refractivity contribution in [2.75, 3.05) is 45.8 Å². The zero-order chi connectivity index (χ0) is 19.4. The number of rotatable bonds is 10. The summed E-state index contributed by atoms with van der Waals surface area (Å²) in [5.74, 6) is 0.982. The van der Waals surface area contributed by atoms with Crippen LogP contribution in [0.3, 0.4) is 0 Å². The van der Waals surface area contributed by atoms with Gasteiger partial charge in [0.25, 0.3) is 0 Å². The van der Waals surface area contributed by atoms with Gasteiger partial charge in [0.05, 0.1) is 6.54 Å². The first-order valence-electron chi connectivity index (χ1n) is 11.4. The van der Waals surface area contributed by atoms with Crippen molar-refractivity contribution in [1.82, 2.24) is 20.4 Å². The number of likely N-dealkylation sites (tertiary alicyclic amines) is 2. The highest BCUT2D eigenvalue weighted by Crippen LogP contribution is 2.20. The fourth-order valence-corrected chi connectivity index (χ4v) is 4.34. The first-order chi connectivity index (χ1) is 13.8. The van der Waals surface area contributed by atoms with E-state index >= 15 is 0 Å². The fourth-order valence-electron chi connectivity index (χ4n) is 4.34. The Morgan fingerprint density at radius 2 is 1.83 bits per heavy atom. The molecule has 0 bridgehead atoms. The summed E-state index contributed by atoms with van der Waals surface area (Å²) in [5, 5.41) is 6.95. The van der Waals surface area contributed by atoms with Gasteiger partial charge in [-0.05, 0) is 77.2 Å². The number of benzene rings is 1. The minimum absolute atomic E-state index is 0. The van der Waals surface area contributed by atoms with E-state index < -0.39 is 0 Å². The fraction of sp³-hybridized carbons (Fsp3) is 0.696. The van der Waals surface area contributed by atoms with Crippen molar-refractivity contribution in [2.24, 2.45) is 4.99 Å². The average Bonchev–Trinajstić information content (AvgIpc) is 3.39. The van der Waals surface area contributed by atoms with E-state index in [9.17, 15) is 0 Å². The monoisotopic (exact) mass is 513 g/mol. The molecule has 0 aliphatic carbocycles. The molecule has 0 radical (unpaired) electrons. The van der Waals surface area contributed by atoms with Gasteiger partial charge in [0.2, 0.25) is 0 Å². The zero-order valence-electron chi connectivity index (χ0n) is 18.1. The maximum Gasteiger partial charge on any atom is 0.191 e. The molecule has 0 amide bonds. The molecule has 2 N–H and O–H groups in total. The van der Waals surface area contributed by atoms with Crippen LogP contribution in [0.5, 0.6) is 0 Å². The van der Waals surface area contributed by atoms with Crippen molar-refractivity contribution in [3.8, 4) is 0 Å². The maximum atomic E-state index is 4.90. The van der Waals surface area contributed by atoms with Crippen molar-refractivity contribution in [3.05, 3.63) is 35.9 Å². The first kappa shape index (κ1) is 24.4. The molecule has 2 aliphatic rings. The Morgan fingerprint density at radius 3 is 2.59 bits per heavy atom. The van der Waals surface area contributed by atoms with Gasteiger partial charge in [-0.2, -0.15) is 0 Å². The number of hydrogen-bond donors (Lipinski definition) is 2. The van der Waals surface area contributed by atoms with E-state index in [2.05, 4.69) is 57.7 Å². The molecule has 0 spiro atoms. The van der Waals surface area contributed by atoms with Crippen molar-refractivity contribution in [2.45, 2.75) is 58.0 Å². The first-order valence-corrected chi connectivity index (χ1v) is 11.4. The van der Waals surface area contributed by atoms with Gasteiger partial charge in [-0.1, -0.05) is 30.3 Å². The van der Waals surface area contributed by atoms with Crippen molar-refractivity contribution >= 4 is 29.9 Å². The highest BCUT2D eigenvalue weighted by atomic mass is 127. The molecule has 29 heavy (non-hydrogen) atoms. The Balaban J connectivity index is 0.00000300. The Bertz CT molecular complexity index is 574. The van der Waals surface area contributed by atoms with E-state index in [1.165, 1.54) is 70.3 Å². The summed E-state index contributed by atoms with van der Waals surface area (Å²) in [4.78, 5) is 10.1. The normalized spacial score (nSPS) is 20.6. The molecule has 2 aliphatic heterocycles. The van der Waals surface area contributed by atoms with Crippen LogP contribution in [0.1, 0.15) is 51.0 Å². The summed E-state index contributed by atoms with van der Waals surface area (Å²) in [5.41, 5.74) is 1.40. The Morgan fingerprint density at radius 1 is 1.03 bits per heavy atom. The largest absolute Gasteiger partial charge is 0.357 e. The number of halogens is 1. The van der Waals surface area contributed by atoms with E-state index in [0.717, 1.165) is 32.1 Å². The second-order valence-electron chi connectivity index (χ2n) is 8.15. The zero-order valence-corrected chi connectivity index (χ0v) is 20.4. The van der Waals surface area contributed by atoms with Gasteiger partial charge >= 0.3 is 0 Å². The lowest BCUT2D eigenvalue weighted by molar-refractivity contribution is 0.250. The maximum absolute atomic E-state index is 4.90. The van der Waals surface area contributed by atoms with Gasteiger partial charge in [-0.25, -0.2) is 0 Å². The van der Waals surface area contributed by atoms with E-state index in [1.807, 2.05) is 0 Å². The van der Waals surface area contributed by atoms with Crippen molar-refractivity contribution < 1.29 is 0 Å². The standard InChI is InChI=1S/C23H39N5.HI/c1-2-24-23(25-14-6-7-15-27-16-8-9-17-27)26-19-22-13-10-18-28(22)20-21-11-4-3-5-12-21;/h3-5,11-12,22H,2,6-10,13-20H2,1H3,(H2,24,25,26);1H. The molecule has 1 aromatic rings. The van der Waals surface area contributed by atoms with E-state index in [0.29, 0.717) is 6.04 Å².